The van der Waals surface area contributed by atoms with Crippen molar-refractivity contribution < 1.29 is 32.4 Å². The van der Waals surface area contributed by atoms with E-state index in [-0.39, 0.29) is 68.3 Å². The summed E-state index contributed by atoms with van der Waals surface area (Å²) in [6, 6.07) is 0. The maximum absolute atomic E-state index is 12.8. The second-order valence-electron chi connectivity index (χ2n) is 16.2. The quantitative estimate of drug-likeness (QED) is 0.143. The van der Waals surface area contributed by atoms with Crippen LogP contribution in [0.15, 0.2) is 0 Å². The molecule has 4 aliphatic carbocycles. The van der Waals surface area contributed by atoms with Crippen LogP contribution in [0.4, 0.5) is 0 Å². The summed E-state index contributed by atoms with van der Waals surface area (Å²) >= 11 is 0. The van der Waals surface area contributed by atoms with Crippen LogP contribution in [0.3, 0.4) is 0 Å². The zero-order valence-corrected chi connectivity index (χ0v) is 29.0. The van der Waals surface area contributed by atoms with Gasteiger partial charge >= 0.3 is 0 Å². The Hall–Kier alpha value is 0.213. The van der Waals surface area contributed by atoms with E-state index in [4.69, 9.17) is 0 Å². The van der Waals surface area contributed by atoms with Gasteiger partial charge in [0.25, 0.3) is 10.1 Å². The first-order valence-electron chi connectivity index (χ1n) is 18.5. The van der Waals surface area contributed by atoms with Crippen LogP contribution in [0.1, 0.15) is 96.3 Å². The number of fused-ring (bicyclic) bond motifs is 20. The molecule has 17 unspecified atom stereocenters. The van der Waals surface area contributed by atoms with Crippen molar-refractivity contribution in [2.24, 2.45) is 47.3 Å². The van der Waals surface area contributed by atoms with Gasteiger partial charge in [-0.05, 0) is 92.8 Å². The third-order valence-corrected chi connectivity index (χ3v) is 15.5. The zero-order chi connectivity index (χ0) is 29.6. The van der Waals surface area contributed by atoms with Crippen LogP contribution >= 0.6 is 0 Å². The molecule has 0 aromatic carbocycles. The van der Waals surface area contributed by atoms with E-state index in [1.54, 1.807) is 0 Å². The van der Waals surface area contributed by atoms with Gasteiger partial charge in [0, 0.05) is 25.4 Å². The van der Waals surface area contributed by atoms with E-state index in [9.17, 15) is 13.0 Å². The first-order chi connectivity index (χ1) is 21.4. The molecule has 0 spiro atoms. The molecule has 13 heteroatoms. The fourth-order valence-electron chi connectivity index (χ4n) is 12.3. The standard InChI is InChI=1S/C32H56N8O3S.Ru/c41-44(42,43)23-15-7-14-22-24(23)32-39-30-21-13-6-5-12-20(21)28(37-30)35-26-17-9-2-1-8-16(17)25(33-26)34-27-18-10-3-4-11-19(18)29(36-27)38-31(22)40-32;/h16-40H,1-15H2,(H,41,42,43);. The first kappa shape index (κ1) is 32.4. The van der Waals surface area contributed by atoms with Crippen LogP contribution in [0, 0.1) is 47.3 Å². The van der Waals surface area contributed by atoms with Crippen LogP contribution in [-0.2, 0) is 29.6 Å². The van der Waals surface area contributed by atoms with Crippen molar-refractivity contribution in [1.82, 2.24) is 42.5 Å². The first-order valence-corrected chi connectivity index (χ1v) is 20.0. The molecule has 9 rings (SSSR count). The average molecular weight is 734 g/mol. The summed E-state index contributed by atoms with van der Waals surface area (Å²) in [5, 5.41) is 31.8. The molecule has 45 heavy (non-hydrogen) atoms. The smallest absolute Gasteiger partial charge is 0.268 e. The van der Waals surface area contributed by atoms with E-state index in [0.717, 1.165) is 12.8 Å². The van der Waals surface area contributed by atoms with Crippen molar-refractivity contribution in [2.45, 2.75) is 151 Å². The second-order valence-corrected chi connectivity index (χ2v) is 17.9. The topological polar surface area (TPSA) is 151 Å². The van der Waals surface area contributed by atoms with E-state index in [2.05, 4.69) is 42.5 Å². The molecule has 256 valence electrons. The molecule has 5 saturated heterocycles. The Kier molecular flexibility index (Phi) is 9.24. The van der Waals surface area contributed by atoms with Crippen LogP contribution in [0.25, 0.3) is 0 Å². The maximum atomic E-state index is 12.8. The summed E-state index contributed by atoms with van der Waals surface area (Å²) in [5.41, 5.74) is 0. The molecule has 9 N–H and O–H groups in total. The molecule has 4 saturated carbocycles. The fourth-order valence-corrected chi connectivity index (χ4v) is 13.6. The minimum atomic E-state index is -4.16. The van der Waals surface area contributed by atoms with E-state index in [1.165, 1.54) is 77.0 Å². The van der Waals surface area contributed by atoms with Gasteiger partial charge in [0.1, 0.15) is 0 Å². The Morgan fingerprint density at radius 1 is 0.378 bits per heavy atom. The largest absolute Gasteiger partial charge is 0.286 e. The van der Waals surface area contributed by atoms with Gasteiger partial charge in [0.2, 0.25) is 0 Å². The van der Waals surface area contributed by atoms with Gasteiger partial charge in [-0.2, -0.15) is 8.42 Å². The summed E-state index contributed by atoms with van der Waals surface area (Å²) in [7, 11) is -4.16. The van der Waals surface area contributed by atoms with Gasteiger partial charge in [-0.25, -0.2) is 0 Å². The second kappa shape index (κ2) is 12.8. The minimum Gasteiger partial charge on any atom is -0.286 e. The van der Waals surface area contributed by atoms with Gasteiger partial charge in [-0.3, -0.25) is 47.1 Å². The number of nitrogens with one attached hydrogen (secondary N) is 8. The van der Waals surface area contributed by atoms with Crippen LogP contribution in [-0.4, -0.2) is 67.5 Å². The van der Waals surface area contributed by atoms with E-state index in [1.807, 2.05) is 0 Å². The third-order valence-electron chi connectivity index (χ3n) is 14.2. The van der Waals surface area contributed by atoms with E-state index < -0.39 is 15.4 Å². The SMILES string of the molecule is O=S(=O)(O)C1CCCC2C3NC4NC(NC5NC(NC6NC(NC(N3)C21)C1CCCCC61)C1CCCCC51)C1CCCCC41.[Ru]. The van der Waals surface area contributed by atoms with E-state index in [0.29, 0.717) is 54.3 Å². The minimum absolute atomic E-state index is 0. The van der Waals surface area contributed by atoms with Crippen molar-refractivity contribution in [3.05, 3.63) is 0 Å². The monoisotopic (exact) mass is 734 g/mol. The van der Waals surface area contributed by atoms with Crippen LogP contribution in [0.2, 0.25) is 0 Å². The number of hydrogen-bond acceptors (Lipinski definition) is 10. The normalized spacial score (nSPS) is 54.3. The Morgan fingerprint density at radius 2 is 0.644 bits per heavy atom. The molecule has 0 aromatic rings. The summed E-state index contributed by atoms with van der Waals surface area (Å²) in [6.07, 6.45) is 18.9. The molecule has 17 atom stereocenters. The van der Waals surface area contributed by atoms with Crippen molar-refractivity contribution in [2.75, 3.05) is 0 Å². The molecule has 9 aliphatic rings. The number of hydrogen-bond donors (Lipinski definition) is 9. The molecule has 8 bridgehead atoms. The predicted octanol–water partition coefficient (Wildman–Crippen LogP) is 1.47. The van der Waals surface area contributed by atoms with Crippen LogP contribution in [0.5, 0.6) is 0 Å². The van der Waals surface area contributed by atoms with Crippen LogP contribution < -0.4 is 42.5 Å². The van der Waals surface area contributed by atoms with Gasteiger partial charge in [0.05, 0.1) is 54.6 Å². The summed E-state index contributed by atoms with van der Waals surface area (Å²) in [6.45, 7) is 0. The molecule has 0 amide bonds. The fraction of sp³-hybridized carbons (Fsp3) is 1.00. The van der Waals surface area contributed by atoms with Gasteiger partial charge in [-0.1, -0.05) is 44.9 Å². The Balaban J connectivity index is 0.00000300. The average Bonchev–Trinajstić information content (AvgIpc) is 3.76. The summed E-state index contributed by atoms with van der Waals surface area (Å²) < 4.78 is 36.1. The molecular weight excluding hydrogens is 678 g/mol. The van der Waals surface area contributed by atoms with E-state index >= 15 is 0 Å². The molecule has 9 fully saturated rings. The third kappa shape index (κ3) is 5.73. The van der Waals surface area contributed by atoms with Gasteiger partial charge in [-0.15, -0.1) is 0 Å². The Bertz CT molecular complexity index is 1180. The summed E-state index contributed by atoms with van der Waals surface area (Å²) in [5.74, 6) is 3.50. The predicted molar refractivity (Wildman–Crippen MR) is 168 cm³/mol. The van der Waals surface area contributed by atoms with Crippen molar-refractivity contribution in [3.8, 4) is 0 Å². The molecule has 0 radical (unpaired) electrons. The molecule has 0 aromatic heterocycles. The Labute approximate surface area is 282 Å². The maximum Gasteiger partial charge on any atom is 0.268 e. The molecular formula is C32H56N8O3RuS. The van der Waals surface area contributed by atoms with Gasteiger partial charge in [0.15, 0.2) is 0 Å². The number of rotatable bonds is 1. The van der Waals surface area contributed by atoms with Crippen molar-refractivity contribution in [1.29, 1.82) is 0 Å². The zero-order valence-electron chi connectivity index (χ0n) is 26.4. The van der Waals surface area contributed by atoms with Crippen molar-refractivity contribution in [3.63, 3.8) is 0 Å². The Morgan fingerprint density at radius 3 is 0.956 bits per heavy atom. The summed E-state index contributed by atoms with van der Waals surface area (Å²) in [4.78, 5) is 0. The molecule has 5 heterocycles. The molecule has 11 nitrogen and oxygen atoms in total. The van der Waals surface area contributed by atoms with Crippen molar-refractivity contribution >= 4 is 10.1 Å². The van der Waals surface area contributed by atoms with Gasteiger partial charge < -0.3 is 0 Å². The molecule has 5 aliphatic heterocycles.